The van der Waals surface area contributed by atoms with Crippen LogP contribution >= 0.6 is 22.6 Å². The zero-order chi connectivity index (χ0) is 12.3. The highest BCUT2D eigenvalue weighted by atomic mass is 127. The van der Waals surface area contributed by atoms with Gasteiger partial charge in [-0.25, -0.2) is 0 Å². The molecule has 90 valence electrons. The topological polar surface area (TPSA) is 80.7 Å². The van der Waals surface area contributed by atoms with E-state index in [2.05, 4.69) is 4.74 Å². The molecule has 0 saturated heterocycles. The molecule has 0 saturated carbocycles. The van der Waals surface area contributed by atoms with Gasteiger partial charge in [0, 0.05) is 0 Å². The molecule has 0 amide bonds. The molecule has 0 rings (SSSR count). The van der Waals surface area contributed by atoms with E-state index < -0.39 is 31.9 Å². The van der Waals surface area contributed by atoms with Gasteiger partial charge in [-0.1, -0.05) is 29.5 Å². The summed E-state index contributed by atoms with van der Waals surface area (Å²) in [5.74, 6) is -0.943. The lowest BCUT2D eigenvalue weighted by atomic mass is 10.3. The zero-order valence-electron chi connectivity index (χ0n) is 7.61. The molecule has 0 bridgehead atoms. The average molecular weight is 358 g/mol. The lowest BCUT2D eigenvalue weighted by Gasteiger charge is -2.14. The molecule has 1 unspecified atom stereocenters. The Bertz CT molecular complexity index is 328. The highest BCUT2D eigenvalue weighted by molar-refractivity contribution is 14.1. The molecule has 1 N–H and O–H groups in total. The third-order valence-corrected chi connectivity index (χ3v) is 3.64. The number of ether oxygens (including phenoxy) is 1. The predicted molar refractivity (Wildman–Crippen MR) is 55.6 cm³/mol. The minimum atomic E-state index is -5.54. The molecule has 9 heteroatoms. The molecular formula is C6H9F2IO5S. The highest BCUT2D eigenvalue weighted by Crippen LogP contribution is 2.21. The molecule has 0 heterocycles. The first-order chi connectivity index (χ1) is 6.62. The first kappa shape index (κ1) is 15.0. The third kappa shape index (κ3) is 4.55. The largest absolute Gasteiger partial charge is 0.457 e. The van der Waals surface area contributed by atoms with Crippen LogP contribution in [-0.2, 0) is 19.6 Å². The fourth-order valence-corrected chi connectivity index (χ4v) is 0.874. The van der Waals surface area contributed by atoms with E-state index in [9.17, 15) is 22.0 Å². The zero-order valence-corrected chi connectivity index (χ0v) is 10.6. The van der Waals surface area contributed by atoms with Crippen LogP contribution in [0.5, 0.6) is 0 Å². The summed E-state index contributed by atoms with van der Waals surface area (Å²) in [6.07, 6.45) is 0.372. The van der Waals surface area contributed by atoms with E-state index in [1.54, 1.807) is 29.5 Å². The second kappa shape index (κ2) is 5.34. The number of carbonyl (C=O) groups excluding carboxylic acids is 1. The molecule has 15 heavy (non-hydrogen) atoms. The Labute approximate surface area is 99.1 Å². The first-order valence-electron chi connectivity index (χ1n) is 3.77. The molecule has 0 aliphatic rings. The standard InChI is InChI=1S/C6H9F2IO5S/c1-2-4(9)5(10)14-3-6(7,8)15(11,12)13/h4H,2-3H2,1H3,(H,11,12,13). The van der Waals surface area contributed by atoms with Gasteiger partial charge in [-0.05, 0) is 6.42 Å². The second-order valence-electron chi connectivity index (χ2n) is 2.60. The van der Waals surface area contributed by atoms with E-state index in [0.29, 0.717) is 6.42 Å². The van der Waals surface area contributed by atoms with E-state index >= 15 is 0 Å². The SMILES string of the molecule is CCC(I)C(=O)OCC(F)(F)S(=O)(=O)O. The lowest BCUT2D eigenvalue weighted by molar-refractivity contribution is -0.148. The Kier molecular flexibility index (Phi) is 5.33. The minimum absolute atomic E-state index is 0.372. The van der Waals surface area contributed by atoms with Gasteiger partial charge in [0.05, 0.1) is 0 Å². The van der Waals surface area contributed by atoms with Gasteiger partial charge in [0.1, 0.15) is 3.92 Å². The molecule has 0 spiro atoms. The Hall–Kier alpha value is -0.0300. The van der Waals surface area contributed by atoms with Crippen LogP contribution in [0, 0.1) is 0 Å². The van der Waals surface area contributed by atoms with Crippen LogP contribution < -0.4 is 0 Å². The minimum Gasteiger partial charge on any atom is -0.457 e. The van der Waals surface area contributed by atoms with Gasteiger partial charge in [-0.3, -0.25) is 9.35 Å². The second-order valence-corrected chi connectivity index (χ2v) is 5.65. The number of hydrogen-bond acceptors (Lipinski definition) is 4. The third-order valence-electron chi connectivity index (χ3n) is 1.37. The molecule has 0 aliphatic carbocycles. The van der Waals surface area contributed by atoms with Crippen LogP contribution in [0.15, 0.2) is 0 Å². The van der Waals surface area contributed by atoms with Crippen molar-refractivity contribution in [2.24, 2.45) is 0 Å². The predicted octanol–water partition coefficient (Wildman–Crippen LogP) is 1.22. The fraction of sp³-hybridized carbons (Fsp3) is 0.833. The summed E-state index contributed by atoms with van der Waals surface area (Å²) < 4.78 is 56.8. The van der Waals surface area contributed by atoms with Crippen LogP contribution in [0.3, 0.4) is 0 Å². The Balaban J connectivity index is 4.35. The summed E-state index contributed by atoms with van der Waals surface area (Å²) >= 11 is 1.67. The van der Waals surface area contributed by atoms with Crippen molar-refractivity contribution >= 4 is 38.7 Å². The summed E-state index contributed by atoms with van der Waals surface area (Å²) in [5.41, 5.74) is 0. The summed E-state index contributed by atoms with van der Waals surface area (Å²) in [6, 6.07) is 0. The monoisotopic (exact) mass is 358 g/mol. The Morgan fingerprint density at radius 1 is 1.60 bits per heavy atom. The summed E-state index contributed by atoms with van der Waals surface area (Å²) in [4.78, 5) is 10.9. The summed E-state index contributed by atoms with van der Waals surface area (Å²) in [5, 5.41) is -4.47. The molecule has 0 aromatic heterocycles. The van der Waals surface area contributed by atoms with Crippen molar-refractivity contribution in [2.75, 3.05) is 6.61 Å². The summed E-state index contributed by atoms with van der Waals surface area (Å²) in [6.45, 7) is -0.0382. The molecule has 0 aromatic carbocycles. The van der Waals surface area contributed by atoms with Crippen molar-refractivity contribution in [3.8, 4) is 0 Å². The van der Waals surface area contributed by atoms with Crippen molar-refractivity contribution in [2.45, 2.75) is 22.5 Å². The molecule has 5 nitrogen and oxygen atoms in total. The van der Waals surface area contributed by atoms with Crippen LogP contribution in [0.1, 0.15) is 13.3 Å². The number of carbonyl (C=O) groups is 1. The maximum absolute atomic E-state index is 12.5. The van der Waals surface area contributed by atoms with E-state index in [1.165, 1.54) is 0 Å². The normalized spacial score (nSPS) is 14.7. The molecular weight excluding hydrogens is 349 g/mol. The maximum Gasteiger partial charge on any atom is 0.402 e. The van der Waals surface area contributed by atoms with Gasteiger partial charge in [0.15, 0.2) is 6.61 Å². The molecule has 0 fully saturated rings. The highest BCUT2D eigenvalue weighted by Gasteiger charge is 2.45. The van der Waals surface area contributed by atoms with Crippen molar-refractivity contribution in [1.82, 2.24) is 0 Å². The maximum atomic E-state index is 12.5. The number of esters is 1. The van der Waals surface area contributed by atoms with Crippen LogP contribution in [0.2, 0.25) is 0 Å². The summed E-state index contributed by atoms with van der Waals surface area (Å²) in [7, 11) is -5.54. The number of halogens is 3. The van der Waals surface area contributed by atoms with Gasteiger partial charge in [0.2, 0.25) is 0 Å². The van der Waals surface area contributed by atoms with Gasteiger partial charge >= 0.3 is 21.3 Å². The van der Waals surface area contributed by atoms with Crippen molar-refractivity contribution < 1.29 is 31.3 Å². The van der Waals surface area contributed by atoms with Crippen LogP contribution in [0.25, 0.3) is 0 Å². The van der Waals surface area contributed by atoms with Crippen molar-refractivity contribution in [1.29, 1.82) is 0 Å². The lowest BCUT2D eigenvalue weighted by Crippen LogP contribution is -2.35. The van der Waals surface area contributed by atoms with Gasteiger partial charge in [0.25, 0.3) is 0 Å². The Morgan fingerprint density at radius 2 is 2.07 bits per heavy atom. The van der Waals surface area contributed by atoms with Gasteiger partial charge in [-0.2, -0.15) is 17.2 Å². The van der Waals surface area contributed by atoms with Crippen molar-refractivity contribution in [3.63, 3.8) is 0 Å². The Morgan fingerprint density at radius 3 is 2.40 bits per heavy atom. The van der Waals surface area contributed by atoms with Crippen molar-refractivity contribution in [3.05, 3.63) is 0 Å². The average Bonchev–Trinajstić information content (AvgIpc) is 2.11. The van der Waals surface area contributed by atoms with Gasteiger partial charge < -0.3 is 4.74 Å². The first-order valence-corrected chi connectivity index (χ1v) is 6.46. The van der Waals surface area contributed by atoms with E-state index in [-0.39, 0.29) is 0 Å². The molecule has 0 aliphatic heterocycles. The molecule has 1 atom stereocenters. The van der Waals surface area contributed by atoms with E-state index in [0.717, 1.165) is 0 Å². The van der Waals surface area contributed by atoms with Crippen LogP contribution in [-0.4, -0.2) is 34.7 Å². The molecule has 0 aromatic rings. The fourth-order valence-electron chi connectivity index (χ4n) is 0.487. The van der Waals surface area contributed by atoms with Crippen LogP contribution in [0.4, 0.5) is 8.78 Å². The van der Waals surface area contributed by atoms with E-state index in [1.807, 2.05) is 0 Å². The number of alkyl halides is 3. The van der Waals surface area contributed by atoms with Gasteiger partial charge in [-0.15, -0.1) is 0 Å². The number of hydrogen-bond donors (Lipinski definition) is 1. The molecule has 0 radical (unpaired) electrons. The smallest absolute Gasteiger partial charge is 0.402 e. The van der Waals surface area contributed by atoms with E-state index in [4.69, 9.17) is 4.55 Å². The number of rotatable bonds is 5. The quantitative estimate of drug-likeness (QED) is 0.346.